The molecule has 0 bridgehead atoms. The van der Waals surface area contributed by atoms with Crippen molar-refractivity contribution in [2.75, 3.05) is 50.8 Å². The Labute approximate surface area is 152 Å². The van der Waals surface area contributed by atoms with Crippen LogP contribution in [-0.2, 0) is 9.53 Å². The molecule has 2 aliphatic rings. The van der Waals surface area contributed by atoms with Crippen molar-refractivity contribution in [3.05, 3.63) is 30.1 Å². The monoisotopic (exact) mass is 365 g/mol. The molecule has 0 unspecified atom stereocenters. The predicted octanol–water partition coefficient (Wildman–Crippen LogP) is -0.465. The summed E-state index contributed by atoms with van der Waals surface area (Å²) < 4.78 is 18.3. The Morgan fingerprint density at radius 1 is 1.27 bits per heavy atom. The summed E-state index contributed by atoms with van der Waals surface area (Å²) in [6, 6.07) is 5.31. The van der Waals surface area contributed by atoms with Crippen LogP contribution >= 0.6 is 0 Å². The zero-order valence-corrected chi connectivity index (χ0v) is 14.8. The molecule has 8 heteroatoms. The van der Waals surface area contributed by atoms with Crippen LogP contribution in [-0.4, -0.2) is 63.9 Å². The summed E-state index contributed by atoms with van der Waals surface area (Å²) in [5, 5.41) is 5.70. The van der Waals surface area contributed by atoms with Crippen molar-refractivity contribution in [2.45, 2.75) is 18.9 Å². The Kier molecular flexibility index (Phi) is 6.40. The third kappa shape index (κ3) is 5.15. The SMILES string of the molecule is O=C(NCCC[NH+]1CCOCC1)N[C@H]1CC(=O)N(c2ccc(F)cc2)C1. The molecule has 0 radical (unpaired) electrons. The number of ether oxygens (including phenoxy) is 1. The fourth-order valence-corrected chi connectivity index (χ4v) is 3.36. The highest BCUT2D eigenvalue weighted by Crippen LogP contribution is 2.21. The molecule has 26 heavy (non-hydrogen) atoms. The van der Waals surface area contributed by atoms with Crippen molar-refractivity contribution in [3.8, 4) is 0 Å². The van der Waals surface area contributed by atoms with E-state index in [2.05, 4.69) is 10.6 Å². The Morgan fingerprint density at radius 3 is 2.73 bits per heavy atom. The number of nitrogens with zero attached hydrogens (tertiary/aromatic N) is 1. The molecule has 7 nitrogen and oxygen atoms in total. The van der Waals surface area contributed by atoms with Gasteiger partial charge in [0.15, 0.2) is 0 Å². The van der Waals surface area contributed by atoms with Gasteiger partial charge in [0.1, 0.15) is 18.9 Å². The molecule has 3 N–H and O–H groups in total. The number of benzene rings is 1. The van der Waals surface area contributed by atoms with Crippen LogP contribution in [0.2, 0.25) is 0 Å². The number of quaternary nitrogens is 1. The Morgan fingerprint density at radius 2 is 2.00 bits per heavy atom. The minimum atomic E-state index is -0.339. The van der Waals surface area contributed by atoms with E-state index in [1.54, 1.807) is 17.0 Å². The van der Waals surface area contributed by atoms with Crippen LogP contribution in [0.5, 0.6) is 0 Å². The molecule has 1 atom stereocenters. The summed E-state index contributed by atoms with van der Waals surface area (Å²) in [6.07, 6.45) is 1.16. The molecule has 3 amide bonds. The fourth-order valence-electron chi connectivity index (χ4n) is 3.36. The molecule has 0 aromatic heterocycles. The Bertz CT molecular complexity index is 619. The summed E-state index contributed by atoms with van der Waals surface area (Å²) in [5.41, 5.74) is 0.648. The fraction of sp³-hybridized carbons (Fsp3) is 0.556. The van der Waals surface area contributed by atoms with E-state index in [1.807, 2.05) is 0 Å². The molecule has 2 fully saturated rings. The minimum absolute atomic E-state index is 0.0715. The van der Waals surface area contributed by atoms with Gasteiger partial charge in [-0.25, -0.2) is 9.18 Å². The van der Waals surface area contributed by atoms with E-state index < -0.39 is 0 Å². The van der Waals surface area contributed by atoms with Crippen LogP contribution in [0.4, 0.5) is 14.9 Å². The van der Waals surface area contributed by atoms with Gasteiger partial charge in [-0.05, 0) is 24.3 Å². The summed E-state index contributed by atoms with van der Waals surface area (Å²) in [6.45, 7) is 5.69. The first-order chi connectivity index (χ1) is 12.6. The zero-order chi connectivity index (χ0) is 18.4. The van der Waals surface area contributed by atoms with Crippen molar-refractivity contribution >= 4 is 17.6 Å². The number of urea groups is 1. The van der Waals surface area contributed by atoms with Crippen molar-refractivity contribution in [1.29, 1.82) is 0 Å². The lowest BCUT2D eigenvalue weighted by Gasteiger charge is -2.23. The number of anilines is 1. The molecule has 2 saturated heterocycles. The standard InChI is InChI=1S/C18H25FN4O3/c19-14-2-4-16(5-3-14)23-13-15(12-17(23)24)21-18(25)20-6-1-7-22-8-10-26-11-9-22/h2-5,15H,1,6-13H2,(H2,20,21,25)/p+1/t15-/m0/s1. The van der Waals surface area contributed by atoms with Crippen LogP contribution < -0.4 is 20.4 Å². The molecular weight excluding hydrogens is 339 g/mol. The van der Waals surface area contributed by atoms with Gasteiger partial charge in [-0.15, -0.1) is 0 Å². The molecule has 2 heterocycles. The van der Waals surface area contributed by atoms with Gasteiger partial charge in [-0.2, -0.15) is 0 Å². The van der Waals surface area contributed by atoms with E-state index in [0.29, 0.717) is 18.8 Å². The van der Waals surface area contributed by atoms with Gasteiger partial charge >= 0.3 is 6.03 Å². The lowest BCUT2D eigenvalue weighted by molar-refractivity contribution is -0.908. The molecule has 0 saturated carbocycles. The lowest BCUT2D eigenvalue weighted by atomic mass is 10.2. The third-order valence-electron chi connectivity index (χ3n) is 4.79. The largest absolute Gasteiger partial charge is 0.370 e. The molecule has 1 aromatic rings. The summed E-state index contributed by atoms with van der Waals surface area (Å²) >= 11 is 0. The highest BCUT2D eigenvalue weighted by Gasteiger charge is 2.31. The second-order valence-corrected chi connectivity index (χ2v) is 6.75. The zero-order valence-electron chi connectivity index (χ0n) is 14.8. The summed E-state index contributed by atoms with van der Waals surface area (Å²) in [4.78, 5) is 27.2. The van der Waals surface area contributed by atoms with E-state index >= 15 is 0 Å². The van der Waals surface area contributed by atoms with Crippen LogP contribution in [0, 0.1) is 5.82 Å². The van der Waals surface area contributed by atoms with E-state index in [1.165, 1.54) is 17.0 Å². The molecule has 142 valence electrons. The first-order valence-corrected chi connectivity index (χ1v) is 9.13. The maximum Gasteiger partial charge on any atom is 0.315 e. The first kappa shape index (κ1) is 18.6. The number of halogens is 1. The van der Waals surface area contributed by atoms with Gasteiger partial charge in [0.2, 0.25) is 5.91 Å². The topological polar surface area (TPSA) is 75.1 Å². The van der Waals surface area contributed by atoms with Crippen molar-refractivity contribution < 1.29 is 23.6 Å². The van der Waals surface area contributed by atoms with Crippen LogP contribution in [0.3, 0.4) is 0 Å². The molecule has 0 aliphatic carbocycles. The minimum Gasteiger partial charge on any atom is -0.370 e. The number of amides is 3. The van der Waals surface area contributed by atoms with Gasteiger partial charge in [-0.1, -0.05) is 0 Å². The van der Waals surface area contributed by atoms with Crippen molar-refractivity contribution in [3.63, 3.8) is 0 Å². The van der Waals surface area contributed by atoms with E-state index in [0.717, 1.165) is 39.3 Å². The smallest absolute Gasteiger partial charge is 0.315 e. The molecule has 2 aliphatic heterocycles. The molecular formula is C18H26FN4O3+. The number of hydrogen-bond donors (Lipinski definition) is 3. The number of hydrogen-bond acceptors (Lipinski definition) is 3. The second kappa shape index (κ2) is 8.95. The second-order valence-electron chi connectivity index (χ2n) is 6.75. The quantitative estimate of drug-likeness (QED) is 0.597. The number of carbonyl (C=O) groups excluding carboxylic acids is 2. The summed E-state index contributed by atoms with van der Waals surface area (Å²) in [5.74, 6) is -0.411. The molecule has 3 rings (SSSR count). The third-order valence-corrected chi connectivity index (χ3v) is 4.79. The van der Waals surface area contributed by atoms with Gasteiger partial charge in [0, 0.05) is 31.6 Å². The molecule has 0 spiro atoms. The first-order valence-electron chi connectivity index (χ1n) is 9.13. The van der Waals surface area contributed by atoms with Gasteiger partial charge in [0.05, 0.1) is 25.8 Å². The van der Waals surface area contributed by atoms with E-state index in [9.17, 15) is 14.0 Å². The van der Waals surface area contributed by atoms with Crippen LogP contribution in [0.15, 0.2) is 24.3 Å². The van der Waals surface area contributed by atoms with Gasteiger partial charge in [0.25, 0.3) is 0 Å². The van der Waals surface area contributed by atoms with Gasteiger partial charge in [-0.3, -0.25) is 4.79 Å². The number of nitrogens with one attached hydrogen (secondary N) is 3. The van der Waals surface area contributed by atoms with Gasteiger partial charge < -0.3 is 25.2 Å². The Balaban J connectivity index is 1.36. The number of morpholine rings is 1. The normalized spacial score (nSPS) is 21.0. The van der Waals surface area contributed by atoms with Crippen molar-refractivity contribution in [2.24, 2.45) is 0 Å². The van der Waals surface area contributed by atoms with E-state index in [-0.39, 0.29) is 30.2 Å². The van der Waals surface area contributed by atoms with Crippen LogP contribution in [0.1, 0.15) is 12.8 Å². The Hall–Kier alpha value is -2.19. The van der Waals surface area contributed by atoms with Crippen molar-refractivity contribution in [1.82, 2.24) is 10.6 Å². The highest BCUT2D eigenvalue weighted by atomic mass is 19.1. The number of carbonyl (C=O) groups is 2. The maximum absolute atomic E-state index is 13.0. The number of rotatable bonds is 6. The highest BCUT2D eigenvalue weighted by molar-refractivity contribution is 5.96. The lowest BCUT2D eigenvalue weighted by Crippen LogP contribution is -3.14. The average molecular weight is 365 g/mol. The van der Waals surface area contributed by atoms with Crippen LogP contribution in [0.25, 0.3) is 0 Å². The maximum atomic E-state index is 13.0. The summed E-state index contributed by atoms with van der Waals surface area (Å²) in [7, 11) is 0. The van der Waals surface area contributed by atoms with E-state index in [4.69, 9.17) is 4.74 Å². The molecule has 1 aromatic carbocycles. The predicted molar refractivity (Wildman–Crippen MR) is 94.7 cm³/mol. The average Bonchev–Trinajstić information content (AvgIpc) is 3.00.